The van der Waals surface area contributed by atoms with E-state index in [4.69, 9.17) is 4.74 Å². The smallest absolute Gasteiger partial charge is 0.186 e. The van der Waals surface area contributed by atoms with Crippen LogP contribution in [0.3, 0.4) is 0 Å². The molecule has 2 fully saturated rings. The van der Waals surface area contributed by atoms with Gasteiger partial charge in [-0.25, -0.2) is 0 Å². The van der Waals surface area contributed by atoms with Crippen LogP contribution in [-0.2, 0) is 0 Å². The quantitative estimate of drug-likeness (QED) is 0.609. The number of nitriles is 1. The van der Waals surface area contributed by atoms with Crippen LogP contribution in [0.15, 0.2) is 42.5 Å². The molecule has 0 radical (unpaired) electrons. The Bertz CT molecular complexity index is 1100. The zero-order chi connectivity index (χ0) is 19.8. The molecule has 2 aliphatic rings. The minimum Gasteiger partial charge on any atom is -0.493 e. The second-order valence-electron chi connectivity index (χ2n) is 8.32. The van der Waals surface area contributed by atoms with Gasteiger partial charge in [-0.05, 0) is 79.8 Å². The molecule has 2 aromatic carbocycles. The molecule has 3 aromatic rings. The van der Waals surface area contributed by atoms with Gasteiger partial charge in [-0.2, -0.15) is 5.26 Å². The van der Waals surface area contributed by atoms with E-state index >= 15 is 0 Å². The van der Waals surface area contributed by atoms with Gasteiger partial charge in [-0.3, -0.25) is 0 Å². The molecular weight excluding hydrogens is 360 g/mol. The van der Waals surface area contributed by atoms with E-state index < -0.39 is 0 Å². The molecule has 146 valence electrons. The summed E-state index contributed by atoms with van der Waals surface area (Å²) in [5, 5.41) is 22.4. The van der Waals surface area contributed by atoms with Crippen LogP contribution in [0, 0.1) is 23.2 Å². The highest BCUT2D eigenvalue weighted by Gasteiger charge is 2.29. The Morgan fingerprint density at radius 2 is 1.93 bits per heavy atom. The molecule has 1 N–H and O–H groups in total. The van der Waals surface area contributed by atoms with Crippen molar-refractivity contribution >= 4 is 16.6 Å². The normalized spacial score (nSPS) is 17.0. The van der Waals surface area contributed by atoms with Crippen LogP contribution in [-0.4, -0.2) is 22.8 Å². The van der Waals surface area contributed by atoms with Gasteiger partial charge in [0.25, 0.3) is 0 Å². The number of hydrogen-bond donors (Lipinski definition) is 1. The van der Waals surface area contributed by atoms with Gasteiger partial charge in [-0.15, -0.1) is 10.2 Å². The Balaban J connectivity index is 1.47. The molecule has 2 saturated carbocycles. The molecule has 1 atom stereocenters. The Morgan fingerprint density at radius 1 is 1.10 bits per heavy atom. The molecule has 29 heavy (non-hydrogen) atoms. The fourth-order valence-corrected chi connectivity index (χ4v) is 3.72. The van der Waals surface area contributed by atoms with Gasteiger partial charge in [0.15, 0.2) is 5.69 Å². The summed E-state index contributed by atoms with van der Waals surface area (Å²) in [6, 6.07) is 16.9. The maximum atomic E-state index is 9.50. The molecule has 0 unspecified atom stereocenters. The van der Waals surface area contributed by atoms with Crippen molar-refractivity contribution in [1.29, 1.82) is 5.26 Å². The number of anilines is 1. The first-order valence-corrected chi connectivity index (χ1v) is 10.4. The SMILES string of the molecule is C[C@@H](Nc1c(C#N)nnc2cc(-c3cccc(OCC4CC4)c3)ccc12)C1CC1. The van der Waals surface area contributed by atoms with Crippen LogP contribution < -0.4 is 10.1 Å². The van der Waals surface area contributed by atoms with Crippen molar-refractivity contribution in [2.45, 2.75) is 38.6 Å². The number of nitrogens with zero attached hydrogens (tertiary/aromatic N) is 3. The van der Waals surface area contributed by atoms with Gasteiger partial charge in [0.2, 0.25) is 0 Å². The summed E-state index contributed by atoms with van der Waals surface area (Å²) in [5.41, 5.74) is 4.09. The van der Waals surface area contributed by atoms with Gasteiger partial charge < -0.3 is 10.1 Å². The van der Waals surface area contributed by atoms with E-state index in [-0.39, 0.29) is 0 Å². The Hall–Kier alpha value is -3.13. The molecule has 5 heteroatoms. The van der Waals surface area contributed by atoms with Gasteiger partial charge >= 0.3 is 0 Å². The minimum absolute atomic E-state index is 0.328. The lowest BCUT2D eigenvalue weighted by atomic mass is 10.0. The Labute approximate surface area is 170 Å². The standard InChI is InChI=1S/C24H24N4O/c1-15(17-7-8-17)26-24-21-10-9-19(12-22(21)27-28-23(24)13-25)18-3-2-4-20(11-18)29-14-16-5-6-16/h2-4,9-12,15-17H,5-8,14H2,1H3,(H,26,27)/t15-/m1/s1. The number of rotatable bonds is 7. The first kappa shape index (κ1) is 17.9. The molecule has 5 rings (SSSR count). The van der Waals surface area contributed by atoms with Crippen LogP contribution >= 0.6 is 0 Å². The lowest BCUT2D eigenvalue weighted by Crippen LogP contribution is -2.19. The van der Waals surface area contributed by atoms with Crippen LogP contribution in [0.4, 0.5) is 5.69 Å². The molecule has 2 aliphatic carbocycles. The third kappa shape index (κ3) is 3.88. The van der Waals surface area contributed by atoms with Gasteiger partial charge in [-0.1, -0.05) is 18.2 Å². The maximum absolute atomic E-state index is 9.50. The lowest BCUT2D eigenvalue weighted by molar-refractivity contribution is 0.300. The summed E-state index contributed by atoms with van der Waals surface area (Å²) in [7, 11) is 0. The topological polar surface area (TPSA) is 70.8 Å². The zero-order valence-electron chi connectivity index (χ0n) is 16.6. The van der Waals surface area contributed by atoms with Gasteiger partial charge in [0.1, 0.15) is 11.8 Å². The number of aromatic nitrogens is 2. The van der Waals surface area contributed by atoms with Crippen LogP contribution in [0.1, 0.15) is 38.3 Å². The summed E-state index contributed by atoms with van der Waals surface area (Å²) < 4.78 is 5.93. The Kier molecular flexibility index (Phi) is 4.55. The highest BCUT2D eigenvalue weighted by molar-refractivity contribution is 5.95. The lowest BCUT2D eigenvalue weighted by Gasteiger charge is -2.17. The van der Waals surface area contributed by atoms with Crippen molar-refractivity contribution in [3.8, 4) is 22.9 Å². The summed E-state index contributed by atoms with van der Waals surface area (Å²) >= 11 is 0. The fourth-order valence-electron chi connectivity index (χ4n) is 3.72. The van der Waals surface area contributed by atoms with Gasteiger partial charge in [0, 0.05) is 11.4 Å². The van der Waals surface area contributed by atoms with E-state index in [0.717, 1.165) is 46.0 Å². The van der Waals surface area contributed by atoms with Crippen molar-refractivity contribution in [3.63, 3.8) is 0 Å². The molecular formula is C24H24N4O. The molecule has 1 heterocycles. The zero-order valence-corrected chi connectivity index (χ0v) is 16.6. The fraction of sp³-hybridized carbons (Fsp3) is 0.375. The van der Waals surface area contributed by atoms with Crippen molar-refractivity contribution < 1.29 is 4.74 Å². The maximum Gasteiger partial charge on any atom is 0.186 e. The molecule has 0 amide bonds. The molecule has 0 aliphatic heterocycles. The van der Waals surface area contributed by atoms with E-state index in [9.17, 15) is 5.26 Å². The summed E-state index contributed by atoms with van der Waals surface area (Å²) in [6.45, 7) is 2.98. The predicted molar refractivity (Wildman–Crippen MR) is 114 cm³/mol. The summed E-state index contributed by atoms with van der Waals surface area (Å²) in [5.74, 6) is 2.32. The Morgan fingerprint density at radius 3 is 2.69 bits per heavy atom. The van der Waals surface area contributed by atoms with Gasteiger partial charge in [0.05, 0.1) is 17.8 Å². The number of ether oxygens (including phenoxy) is 1. The molecule has 0 spiro atoms. The highest BCUT2D eigenvalue weighted by atomic mass is 16.5. The van der Waals surface area contributed by atoms with Crippen LogP contribution in [0.25, 0.3) is 22.0 Å². The van der Waals surface area contributed by atoms with E-state index in [1.165, 1.54) is 25.7 Å². The number of fused-ring (bicyclic) bond motifs is 1. The van der Waals surface area contributed by atoms with E-state index in [0.29, 0.717) is 17.7 Å². The number of nitrogens with one attached hydrogen (secondary N) is 1. The molecule has 0 saturated heterocycles. The van der Waals surface area contributed by atoms with Crippen molar-refractivity contribution in [1.82, 2.24) is 10.2 Å². The average Bonchev–Trinajstić information content (AvgIpc) is 3.65. The third-order valence-electron chi connectivity index (χ3n) is 5.92. The van der Waals surface area contributed by atoms with Crippen molar-refractivity contribution in [2.24, 2.45) is 11.8 Å². The first-order valence-electron chi connectivity index (χ1n) is 10.4. The number of benzene rings is 2. The second kappa shape index (κ2) is 7.36. The van der Waals surface area contributed by atoms with Crippen molar-refractivity contribution in [2.75, 3.05) is 11.9 Å². The second-order valence-corrected chi connectivity index (χ2v) is 8.32. The first-order chi connectivity index (χ1) is 14.2. The molecule has 0 bridgehead atoms. The molecule has 1 aromatic heterocycles. The van der Waals surface area contributed by atoms with E-state index in [2.05, 4.69) is 46.7 Å². The van der Waals surface area contributed by atoms with Crippen molar-refractivity contribution in [3.05, 3.63) is 48.2 Å². The van der Waals surface area contributed by atoms with E-state index in [1.54, 1.807) is 0 Å². The minimum atomic E-state index is 0.328. The predicted octanol–water partition coefficient (Wildman–Crippen LogP) is 5.17. The van der Waals surface area contributed by atoms with Crippen LogP contribution in [0.2, 0.25) is 0 Å². The monoisotopic (exact) mass is 384 g/mol. The van der Waals surface area contributed by atoms with E-state index in [1.807, 2.05) is 24.3 Å². The summed E-state index contributed by atoms with van der Waals surface area (Å²) in [6.07, 6.45) is 5.05. The largest absolute Gasteiger partial charge is 0.493 e. The highest BCUT2D eigenvalue weighted by Crippen LogP contribution is 2.36. The summed E-state index contributed by atoms with van der Waals surface area (Å²) in [4.78, 5) is 0. The number of hydrogen-bond acceptors (Lipinski definition) is 5. The van der Waals surface area contributed by atoms with Crippen LogP contribution in [0.5, 0.6) is 5.75 Å². The average molecular weight is 384 g/mol. The third-order valence-corrected chi connectivity index (χ3v) is 5.92. The molecule has 5 nitrogen and oxygen atoms in total.